The maximum absolute atomic E-state index is 12.5. The molecule has 1 amide bonds. The van der Waals surface area contributed by atoms with Crippen LogP contribution in [0.4, 0.5) is 5.69 Å². The summed E-state index contributed by atoms with van der Waals surface area (Å²) >= 11 is 0. The van der Waals surface area contributed by atoms with Crippen LogP contribution in [0.1, 0.15) is 12.8 Å². The number of carbonyl (C=O) groups is 1. The molecule has 0 atom stereocenters. The first-order valence-electron chi connectivity index (χ1n) is 8.42. The molecular formula is C17H27N3O5S. The van der Waals surface area contributed by atoms with Crippen molar-refractivity contribution in [1.82, 2.24) is 10.2 Å². The highest BCUT2D eigenvalue weighted by Crippen LogP contribution is 2.33. The first-order valence-corrected chi connectivity index (χ1v) is 10.3. The first-order chi connectivity index (χ1) is 12.2. The zero-order chi connectivity index (χ0) is 19.3. The molecule has 0 aromatic heterocycles. The molecule has 9 heteroatoms. The van der Waals surface area contributed by atoms with E-state index in [4.69, 9.17) is 9.47 Å². The van der Waals surface area contributed by atoms with Crippen LogP contribution >= 0.6 is 0 Å². The van der Waals surface area contributed by atoms with Crippen LogP contribution in [0, 0.1) is 0 Å². The minimum Gasteiger partial charge on any atom is -0.497 e. The van der Waals surface area contributed by atoms with Gasteiger partial charge in [-0.3, -0.25) is 9.10 Å². The van der Waals surface area contributed by atoms with E-state index < -0.39 is 10.0 Å². The SMILES string of the molecule is COc1ccc(OC)c(N(CC(=O)NC2CCN(C)CC2)S(C)(=O)=O)c1. The van der Waals surface area contributed by atoms with Gasteiger partial charge in [0, 0.05) is 12.1 Å². The number of hydrogen-bond donors (Lipinski definition) is 1. The molecule has 1 aliphatic heterocycles. The Balaban J connectivity index is 2.19. The molecule has 1 saturated heterocycles. The molecule has 8 nitrogen and oxygen atoms in total. The lowest BCUT2D eigenvalue weighted by molar-refractivity contribution is -0.120. The van der Waals surface area contributed by atoms with Crippen molar-refractivity contribution in [1.29, 1.82) is 0 Å². The summed E-state index contributed by atoms with van der Waals surface area (Å²) in [5.41, 5.74) is 0.271. The number of carbonyl (C=O) groups excluding carboxylic acids is 1. The lowest BCUT2D eigenvalue weighted by atomic mass is 10.1. The summed E-state index contributed by atoms with van der Waals surface area (Å²) in [6.45, 7) is 1.50. The summed E-state index contributed by atoms with van der Waals surface area (Å²) in [5, 5.41) is 2.93. The summed E-state index contributed by atoms with van der Waals surface area (Å²) in [5.74, 6) is 0.489. The van der Waals surface area contributed by atoms with E-state index in [1.54, 1.807) is 18.2 Å². The van der Waals surface area contributed by atoms with Crippen LogP contribution in [0.15, 0.2) is 18.2 Å². The van der Waals surface area contributed by atoms with Gasteiger partial charge in [0.15, 0.2) is 0 Å². The quantitative estimate of drug-likeness (QED) is 0.743. The monoisotopic (exact) mass is 385 g/mol. The van der Waals surface area contributed by atoms with Crippen LogP contribution < -0.4 is 19.1 Å². The third-order valence-corrected chi connectivity index (χ3v) is 5.55. The molecule has 0 radical (unpaired) electrons. The molecule has 1 N–H and O–H groups in total. The highest BCUT2D eigenvalue weighted by molar-refractivity contribution is 7.92. The van der Waals surface area contributed by atoms with Crippen molar-refractivity contribution >= 4 is 21.6 Å². The van der Waals surface area contributed by atoms with Crippen LogP contribution in [0.2, 0.25) is 0 Å². The number of likely N-dealkylation sites (tertiary alicyclic amines) is 1. The van der Waals surface area contributed by atoms with Gasteiger partial charge >= 0.3 is 0 Å². The minimum absolute atomic E-state index is 0.0623. The number of benzene rings is 1. The number of rotatable bonds is 7. The van der Waals surface area contributed by atoms with Crippen LogP contribution in [0.3, 0.4) is 0 Å². The minimum atomic E-state index is -3.69. The van der Waals surface area contributed by atoms with Gasteiger partial charge in [0.2, 0.25) is 15.9 Å². The normalized spacial score (nSPS) is 16.2. The predicted molar refractivity (Wildman–Crippen MR) is 100 cm³/mol. The van der Waals surface area contributed by atoms with Crippen LogP contribution in [0.5, 0.6) is 11.5 Å². The van der Waals surface area contributed by atoms with Gasteiger partial charge in [-0.1, -0.05) is 0 Å². The lowest BCUT2D eigenvalue weighted by Crippen LogP contribution is -2.47. The Morgan fingerprint density at radius 2 is 1.92 bits per heavy atom. The number of anilines is 1. The van der Waals surface area contributed by atoms with Gasteiger partial charge in [-0.05, 0) is 45.1 Å². The Bertz CT molecular complexity index is 730. The van der Waals surface area contributed by atoms with Crippen LogP contribution in [-0.2, 0) is 14.8 Å². The van der Waals surface area contributed by atoms with Gasteiger partial charge in [-0.2, -0.15) is 0 Å². The second kappa shape index (κ2) is 8.59. The van der Waals surface area contributed by atoms with E-state index in [2.05, 4.69) is 10.2 Å². The van der Waals surface area contributed by atoms with Crippen molar-refractivity contribution in [3.63, 3.8) is 0 Å². The number of amides is 1. The average Bonchev–Trinajstić information content (AvgIpc) is 2.60. The summed E-state index contributed by atoms with van der Waals surface area (Å²) in [7, 11) is 1.29. The van der Waals surface area contributed by atoms with Crippen molar-refractivity contribution in [3.8, 4) is 11.5 Å². The van der Waals surface area contributed by atoms with E-state index in [9.17, 15) is 13.2 Å². The molecule has 1 aliphatic rings. The molecule has 0 spiro atoms. The van der Waals surface area contributed by atoms with Crippen molar-refractivity contribution in [3.05, 3.63) is 18.2 Å². The number of methoxy groups -OCH3 is 2. The highest BCUT2D eigenvalue weighted by atomic mass is 32.2. The number of piperidine rings is 1. The Morgan fingerprint density at radius 1 is 1.27 bits per heavy atom. The lowest BCUT2D eigenvalue weighted by Gasteiger charge is -2.30. The molecule has 1 fully saturated rings. The zero-order valence-corrected chi connectivity index (χ0v) is 16.5. The summed E-state index contributed by atoms with van der Waals surface area (Å²) in [4.78, 5) is 14.7. The largest absolute Gasteiger partial charge is 0.497 e. The molecule has 0 saturated carbocycles. The average molecular weight is 385 g/mol. The molecule has 0 bridgehead atoms. The van der Waals surface area contributed by atoms with E-state index >= 15 is 0 Å². The molecule has 26 heavy (non-hydrogen) atoms. The second-order valence-corrected chi connectivity index (χ2v) is 8.36. The number of nitrogens with zero attached hydrogens (tertiary/aromatic N) is 2. The van der Waals surface area contributed by atoms with E-state index in [0.29, 0.717) is 11.5 Å². The van der Waals surface area contributed by atoms with E-state index in [1.165, 1.54) is 14.2 Å². The van der Waals surface area contributed by atoms with Crippen molar-refractivity contribution < 1.29 is 22.7 Å². The predicted octanol–water partition coefficient (Wildman–Crippen LogP) is 0.680. The van der Waals surface area contributed by atoms with E-state index in [-0.39, 0.29) is 24.2 Å². The highest BCUT2D eigenvalue weighted by Gasteiger charge is 2.26. The number of nitrogens with one attached hydrogen (secondary N) is 1. The summed E-state index contributed by atoms with van der Waals surface area (Å²) in [6.07, 6.45) is 2.77. The fraction of sp³-hybridized carbons (Fsp3) is 0.588. The molecule has 1 heterocycles. The summed E-state index contributed by atoms with van der Waals surface area (Å²) in [6, 6.07) is 4.89. The molecule has 0 unspecified atom stereocenters. The molecule has 0 aliphatic carbocycles. The molecule has 1 aromatic carbocycles. The van der Waals surface area contributed by atoms with Crippen molar-refractivity contribution in [2.45, 2.75) is 18.9 Å². The van der Waals surface area contributed by atoms with Crippen LogP contribution in [0.25, 0.3) is 0 Å². The fourth-order valence-corrected chi connectivity index (χ4v) is 3.78. The van der Waals surface area contributed by atoms with Gasteiger partial charge in [0.1, 0.15) is 18.0 Å². The standard InChI is InChI=1S/C17H27N3O5S/c1-19-9-7-13(8-10-19)18-17(21)12-20(26(4,22)23)15-11-14(24-2)5-6-16(15)25-3/h5-6,11,13H,7-10,12H2,1-4H3,(H,18,21). The van der Waals surface area contributed by atoms with Crippen molar-refractivity contribution in [2.75, 3.05) is 51.5 Å². The van der Waals surface area contributed by atoms with E-state index in [0.717, 1.165) is 36.5 Å². The number of sulfonamides is 1. The maximum atomic E-state index is 12.5. The van der Waals surface area contributed by atoms with Gasteiger partial charge in [-0.15, -0.1) is 0 Å². The molecular weight excluding hydrogens is 358 g/mol. The Labute approximate surface area is 155 Å². The van der Waals surface area contributed by atoms with Crippen LogP contribution in [-0.4, -0.2) is 72.4 Å². The first kappa shape index (κ1) is 20.3. The topological polar surface area (TPSA) is 88.2 Å². The Hall–Kier alpha value is -2.00. The van der Waals surface area contributed by atoms with Gasteiger partial charge < -0.3 is 19.7 Å². The van der Waals surface area contributed by atoms with Crippen molar-refractivity contribution in [2.24, 2.45) is 0 Å². The van der Waals surface area contributed by atoms with Gasteiger partial charge in [0.25, 0.3) is 0 Å². The van der Waals surface area contributed by atoms with Gasteiger partial charge in [0.05, 0.1) is 26.2 Å². The Kier molecular flexibility index (Phi) is 6.71. The zero-order valence-electron chi connectivity index (χ0n) is 15.7. The fourth-order valence-electron chi connectivity index (χ4n) is 2.93. The molecule has 2 rings (SSSR count). The maximum Gasteiger partial charge on any atom is 0.241 e. The van der Waals surface area contributed by atoms with E-state index in [1.807, 2.05) is 7.05 Å². The van der Waals surface area contributed by atoms with Gasteiger partial charge in [-0.25, -0.2) is 8.42 Å². The smallest absolute Gasteiger partial charge is 0.241 e. The number of hydrogen-bond acceptors (Lipinski definition) is 6. The third kappa shape index (κ3) is 5.25. The third-order valence-electron chi connectivity index (χ3n) is 4.43. The second-order valence-electron chi connectivity index (χ2n) is 6.45. The molecule has 1 aromatic rings. The summed E-state index contributed by atoms with van der Waals surface area (Å²) < 4.78 is 36.1. The Morgan fingerprint density at radius 3 is 2.46 bits per heavy atom. The molecule has 146 valence electrons. The number of ether oxygens (including phenoxy) is 2.